The molecule has 4 rings (SSSR count). The van der Waals surface area contributed by atoms with Gasteiger partial charge in [0.05, 0.1) is 22.8 Å². The average molecular weight is 399 g/mol. The number of nitrogens with zero attached hydrogens (tertiary/aromatic N) is 3. The standard InChI is InChI=1S/C26H30N4/c1-6-7-21-9-12-22(13-10-21)30-26-20(5)29(23-11-8-17(2)18(3)16-23)15-14-24(26)25(28-30)19(4)27/h8-13,16H,4-7,14-15,27H2,1-3H3. The highest BCUT2D eigenvalue weighted by atomic mass is 15.3. The van der Waals surface area contributed by atoms with Gasteiger partial charge in [0.25, 0.3) is 0 Å². The highest BCUT2D eigenvalue weighted by molar-refractivity contribution is 5.83. The molecule has 0 spiro atoms. The van der Waals surface area contributed by atoms with Crippen LogP contribution in [0, 0.1) is 13.8 Å². The molecule has 2 aromatic carbocycles. The first-order valence-electron chi connectivity index (χ1n) is 10.6. The summed E-state index contributed by atoms with van der Waals surface area (Å²) in [4.78, 5) is 2.28. The number of benzene rings is 2. The van der Waals surface area contributed by atoms with Crippen LogP contribution in [0.5, 0.6) is 0 Å². The monoisotopic (exact) mass is 398 g/mol. The van der Waals surface area contributed by atoms with Crippen molar-refractivity contribution in [1.29, 1.82) is 0 Å². The molecule has 1 aliphatic rings. The number of rotatable bonds is 5. The quantitative estimate of drug-likeness (QED) is 0.625. The van der Waals surface area contributed by atoms with Gasteiger partial charge in [0.2, 0.25) is 0 Å². The zero-order chi connectivity index (χ0) is 21.4. The number of hydrogen-bond acceptors (Lipinski definition) is 3. The first kappa shape index (κ1) is 20.0. The highest BCUT2D eigenvalue weighted by Crippen LogP contribution is 2.36. The van der Waals surface area contributed by atoms with Crippen molar-refractivity contribution in [3.05, 3.63) is 89.3 Å². The van der Waals surface area contributed by atoms with E-state index in [9.17, 15) is 0 Å². The number of anilines is 1. The summed E-state index contributed by atoms with van der Waals surface area (Å²) in [5.41, 5.74) is 16.6. The minimum absolute atomic E-state index is 0.500. The van der Waals surface area contributed by atoms with E-state index in [-0.39, 0.29) is 0 Å². The van der Waals surface area contributed by atoms with E-state index in [0.29, 0.717) is 5.70 Å². The molecule has 0 saturated heterocycles. The van der Waals surface area contributed by atoms with Crippen molar-refractivity contribution in [3.8, 4) is 5.69 Å². The van der Waals surface area contributed by atoms with Crippen molar-refractivity contribution < 1.29 is 0 Å². The van der Waals surface area contributed by atoms with Crippen molar-refractivity contribution in [2.75, 3.05) is 11.4 Å². The Bertz CT molecular complexity index is 1120. The summed E-state index contributed by atoms with van der Waals surface area (Å²) in [6, 6.07) is 15.2. The van der Waals surface area contributed by atoms with E-state index in [0.717, 1.165) is 59.8 Å². The molecular formula is C26H30N4. The maximum Gasteiger partial charge on any atom is 0.112 e. The lowest BCUT2D eigenvalue weighted by Gasteiger charge is -2.32. The van der Waals surface area contributed by atoms with Gasteiger partial charge in [0, 0.05) is 17.8 Å². The van der Waals surface area contributed by atoms with E-state index >= 15 is 0 Å². The van der Waals surface area contributed by atoms with Crippen LogP contribution in [0.2, 0.25) is 0 Å². The fourth-order valence-corrected chi connectivity index (χ4v) is 4.19. The summed E-state index contributed by atoms with van der Waals surface area (Å²) in [7, 11) is 0. The van der Waals surface area contributed by atoms with Crippen LogP contribution >= 0.6 is 0 Å². The molecule has 3 aromatic rings. The van der Waals surface area contributed by atoms with Crippen molar-refractivity contribution >= 4 is 17.1 Å². The second-order valence-corrected chi connectivity index (χ2v) is 8.15. The summed E-state index contributed by atoms with van der Waals surface area (Å²) in [5.74, 6) is 0. The first-order valence-corrected chi connectivity index (χ1v) is 10.6. The highest BCUT2D eigenvalue weighted by Gasteiger charge is 2.29. The second kappa shape index (κ2) is 7.86. The fourth-order valence-electron chi connectivity index (χ4n) is 4.19. The Kier molecular flexibility index (Phi) is 5.25. The van der Waals surface area contributed by atoms with Crippen LogP contribution in [-0.2, 0) is 12.8 Å². The minimum atomic E-state index is 0.500. The minimum Gasteiger partial charge on any atom is -0.397 e. The Labute approximate surface area is 179 Å². The number of aryl methyl sites for hydroxylation is 3. The molecular weight excluding hydrogens is 368 g/mol. The zero-order valence-corrected chi connectivity index (χ0v) is 18.2. The summed E-state index contributed by atoms with van der Waals surface area (Å²) >= 11 is 0. The number of nitrogens with two attached hydrogens (primary N) is 1. The Morgan fingerprint density at radius 2 is 1.77 bits per heavy atom. The van der Waals surface area contributed by atoms with E-state index in [2.05, 4.69) is 81.3 Å². The van der Waals surface area contributed by atoms with Gasteiger partial charge in [-0.05, 0) is 67.6 Å². The van der Waals surface area contributed by atoms with E-state index in [4.69, 9.17) is 10.8 Å². The molecule has 2 heterocycles. The molecule has 4 nitrogen and oxygen atoms in total. The van der Waals surface area contributed by atoms with Crippen LogP contribution in [0.25, 0.3) is 17.1 Å². The lowest BCUT2D eigenvalue weighted by atomic mass is 9.99. The molecule has 1 aromatic heterocycles. The lowest BCUT2D eigenvalue weighted by Crippen LogP contribution is -2.30. The van der Waals surface area contributed by atoms with E-state index in [1.165, 1.54) is 16.7 Å². The van der Waals surface area contributed by atoms with Gasteiger partial charge in [-0.3, -0.25) is 0 Å². The second-order valence-electron chi connectivity index (χ2n) is 8.15. The molecule has 0 radical (unpaired) electrons. The fraction of sp³-hybridized carbons (Fsp3) is 0.269. The van der Waals surface area contributed by atoms with Crippen molar-refractivity contribution in [1.82, 2.24) is 9.78 Å². The smallest absolute Gasteiger partial charge is 0.112 e. The normalized spacial score (nSPS) is 13.4. The maximum absolute atomic E-state index is 6.11. The molecule has 0 bridgehead atoms. The molecule has 0 unspecified atom stereocenters. The zero-order valence-electron chi connectivity index (χ0n) is 18.2. The molecule has 154 valence electrons. The molecule has 0 amide bonds. The summed E-state index contributed by atoms with van der Waals surface area (Å²) in [5, 5.41) is 4.85. The number of fused-ring (bicyclic) bond motifs is 1. The molecule has 4 heteroatoms. The maximum atomic E-state index is 6.11. The van der Waals surface area contributed by atoms with Gasteiger partial charge in [-0.2, -0.15) is 5.10 Å². The van der Waals surface area contributed by atoms with Crippen LogP contribution in [0.1, 0.15) is 47.0 Å². The molecule has 0 aliphatic carbocycles. The Morgan fingerprint density at radius 3 is 2.40 bits per heavy atom. The predicted molar refractivity (Wildman–Crippen MR) is 127 cm³/mol. The van der Waals surface area contributed by atoms with Gasteiger partial charge in [-0.1, -0.05) is 44.7 Å². The first-order chi connectivity index (χ1) is 14.4. The van der Waals surface area contributed by atoms with Crippen LogP contribution < -0.4 is 10.6 Å². The van der Waals surface area contributed by atoms with E-state index in [1.807, 2.05) is 4.68 Å². The van der Waals surface area contributed by atoms with Gasteiger partial charge >= 0.3 is 0 Å². The van der Waals surface area contributed by atoms with Crippen LogP contribution in [0.3, 0.4) is 0 Å². The summed E-state index contributed by atoms with van der Waals surface area (Å²) in [6.45, 7) is 15.8. The van der Waals surface area contributed by atoms with E-state index in [1.54, 1.807) is 0 Å². The third kappa shape index (κ3) is 3.43. The van der Waals surface area contributed by atoms with Crippen molar-refractivity contribution in [2.45, 2.75) is 40.0 Å². The lowest BCUT2D eigenvalue weighted by molar-refractivity contribution is 0.825. The molecule has 0 saturated carbocycles. The predicted octanol–water partition coefficient (Wildman–Crippen LogP) is 5.40. The topological polar surface area (TPSA) is 47.1 Å². The Hall–Kier alpha value is -3.27. The molecule has 1 aliphatic heterocycles. The van der Waals surface area contributed by atoms with Gasteiger partial charge in [-0.15, -0.1) is 0 Å². The SMILES string of the molecule is C=C(N)c1nn(-c2ccc(CCC)cc2)c2c1CCN(c1ccc(C)c(C)c1)C2=C. The summed E-state index contributed by atoms with van der Waals surface area (Å²) in [6.07, 6.45) is 3.06. The van der Waals surface area contributed by atoms with Crippen LogP contribution in [0.15, 0.2) is 55.6 Å². The summed E-state index contributed by atoms with van der Waals surface area (Å²) < 4.78 is 1.98. The van der Waals surface area contributed by atoms with Gasteiger partial charge in [-0.25, -0.2) is 4.68 Å². The molecule has 30 heavy (non-hydrogen) atoms. The van der Waals surface area contributed by atoms with Gasteiger partial charge in [0.1, 0.15) is 5.69 Å². The number of aromatic nitrogens is 2. The van der Waals surface area contributed by atoms with Gasteiger partial charge in [0.15, 0.2) is 0 Å². The van der Waals surface area contributed by atoms with E-state index < -0.39 is 0 Å². The largest absolute Gasteiger partial charge is 0.397 e. The van der Waals surface area contributed by atoms with Crippen molar-refractivity contribution in [3.63, 3.8) is 0 Å². The molecule has 2 N–H and O–H groups in total. The molecule has 0 atom stereocenters. The van der Waals surface area contributed by atoms with Crippen molar-refractivity contribution in [2.24, 2.45) is 5.73 Å². The third-order valence-electron chi connectivity index (χ3n) is 5.99. The number of hydrogen-bond donors (Lipinski definition) is 1. The van der Waals surface area contributed by atoms with Gasteiger partial charge < -0.3 is 10.6 Å². The Morgan fingerprint density at radius 1 is 1.07 bits per heavy atom. The van der Waals surface area contributed by atoms with Crippen LogP contribution in [-0.4, -0.2) is 16.3 Å². The molecule has 0 fully saturated rings. The third-order valence-corrected chi connectivity index (χ3v) is 5.99. The average Bonchev–Trinajstić information content (AvgIpc) is 3.12. The van der Waals surface area contributed by atoms with Crippen LogP contribution in [0.4, 0.5) is 5.69 Å². The Balaban J connectivity index is 1.80.